The highest BCUT2D eigenvalue weighted by atomic mass is 15.3. The average Bonchev–Trinajstić information content (AvgIpc) is 3.14. The number of aromatic nitrogens is 2. The second kappa shape index (κ2) is 14.2. The van der Waals surface area contributed by atoms with Gasteiger partial charge in [-0.15, -0.1) is 0 Å². The van der Waals surface area contributed by atoms with Crippen LogP contribution in [0.2, 0.25) is 0 Å². The number of hydrogen-bond acceptors (Lipinski definition) is 2. The minimum Gasteiger partial charge on any atom is -0.317 e. The summed E-state index contributed by atoms with van der Waals surface area (Å²) in [4.78, 5) is 10.7. The van der Waals surface area contributed by atoms with Crippen molar-refractivity contribution in [1.82, 2.24) is 14.5 Å². The van der Waals surface area contributed by atoms with Crippen LogP contribution in [0.1, 0.15) is 90.9 Å². The molecule has 160 valence electrons. The fourth-order valence-electron chi connectivity index (χ4n) is 3.93. The largest absolute Gasteiger partial charge is 0.317 e. The fraction of sp³-hybridized carbons (Fsp3) is 0.680. The van der Waals surface area contributed by atoms with Crippen molar-refractivity contribution >= 4 is 16.7 Å². The van der Waals surface area contributed by atoms with Crippen molar-refractivity contribution < 1.29 is 0 Å². The molecule has 0 aliphatic rings. The molecule has 2 rings (SSSR count). The standard InChI is InChI=1S/C25H40N4/c1-4-6-8-10-12-14-18-28(19-15-13-11-9-7-5-2)22-29-21-27-24-20-23(26-3)16-17-25(24)29/h16-17,20-21H,4-15,18-19,22H2,1-2H3. The van der Waals surface area contributed by atoms with E-state index in [0.29, 0.717) is 5.69 Å². The van der Waals surface area contributed by atoms with Crippen LogP contribution in [0, 0.1) is 6.57 Å². The molecule has 0 spiro atoms. The van der Waals surface area contributed by atoms with Crippen LogP contribution in [-0.2, 0) is 6.67 Å². The molecule has 2 aromatic rings. The molecule has 0 aliphatic carbocycles. The molecule has 1 aromatic carbocycles. The van der Waals surface area contributed by atoms with E-state index in [2.05, 4.69) is 33.1 Å². The van der Waals surface area contributed by atoms with Gasteiger partial charge < -0.3 is 4.57 Å². The monoisotopic (exact) mass is 396 g/mol. The molecular formula is C25H40N4. The average molecular weight is 397 g/mol. The number of hydrogen-bond donors (Lipinski definition) is 0. The van der Waals surface area contributed by atoms with Gasteiger partial charge in [-0.1, -0.05) is 84.1 Å². The molecule has 0 aliphatic heterocycles. The third kappa shape index (κ3) is 8.58. The van der Waals surface area contributed by atoms with Crippen molar-refractivity contribution in [3.63, 3.8) is 0 Å². The number of rotatable bonds is 16. The molecule has 0 saturated carbocycles. The number of benzene rings is 1. The molecule has 4 nitrogen and oxygen atoms in total. The number of imidazole rings is 1. The van der Waals surface area contributed by atoms with E-state index in [1.54, 1.807) is 0 Å². The van der Waals surface area contributed by atoms with Crippen molar-refractivity contribution in [2.24, 2.45) is 0 Å². The summed E-state index contributed by atoms with van der Waals surface area (Å²) in [6, 6.07) is 5.84. The first-order chi connectivity index (χ1) is 14.3. The molecule has 0 unspecified atom stereocenters. The molecule has 0 atom stereocenters. The Morgan fingerprint density at radius 1 is 0.862 bits per heavy atom. The smallest absolute Gasteiger partial charge is 0.189 e. The number of fused-ring (bicyclic) bond motifs is 1. The Morgan fingerprint density at radius 3 is 2.03 bits per heavy atom. The van der Waals surface area contributed by atoms with E-state index in [-0.39, 0.29) is 0 Å². The maximum atomic E-state index is 7.19. The topological polar surface area (TPSA) is 25.4 Å². The zero-order valence-electron chi connectivity index (χ0n) is 18.7. The van der Waals surface area contributed by atoms with Gasteiger partial charge in [0.05, 0.1) is 30.6 Å². The summed E-state index contributed by atoms with van der Waals surface area (Å²) in [6.45, 7) is 15.0. The minimum absolute atomic E-state index is 0.666. The Kier molecular flexibility index (Phi) is 11.4. The van der Waals surface area contributed by atoms with Crippen LogP contribution in [0.5, 0.6) is 0 Å². The third-order valence-electron chi connectivity index (χ3n) is 5.74. The molecule has 0 radical (unpaired) electrons. The van der Waals surface area contributed by atoms with Gasteiger partial charge in [0.1, 0.15) is 0 Å². The summed E-state index contributed by atoms with van der Waals surface area (Å²) >= 11 is 0. The summed E-state index contributed by atoms with van der Waals surface area (Å²) in [5.41, 5.74) is 2.73. The van der Waals surface area contributed by atoms with Gasteiger partial charge in [-0.2, -0.15) is 0 Å². The molecule has 29 heavy (non-hydrogen) atoms. The Balaban J connectivity index is 1.88. The Morgan fingerprint density at radius 2 is 1.45 bits per heavy atom. The highest BCUT2D eigenvalue weighted by Crippen LogP contribution is 2.21. The third-order valence-corrected chi connectivity index (χ3v) is 5.74. The van der Waals surface area contributed by atoms with E-state index < -0.39 is 0 Å². The van der Waals surface area contributed by atoms with Gasteiger partial charge in [0.2, 0.25) is 0 Å². The van der Waals surface area contributed by atoms with Crippen LogP contribution in [0.15, 0.2) is 24.5 Å². The summed E-state index contributed by atoms with van der Waals surface area (Å²) in [5.74, 6) is 0. The van der Waals surface area contributed by atoms with Gasteiger partial charge in [-0.25, -0.2) is 9.83 Å². The van der Waals surface area contributed by atoms with Crippen molar-refractivity contribution in [1.29, 1.82) is 0 Å². The lowest BCUT2D eigenvalue weighted by Gasteiger charge is -2.23. The van der Waals surface area contributed by atoms with Gasteiger partial charge in [-0.05, 0) is 38.1 Å². The van der Waals surface area contributed by atoms with Crippen molar-refractivity contribution in [2.75, 3.05) is 13.1 Å². The summed E-state index contributed by atoms with van der Waals surface area (Å²) in [6.07, 6.45) is 18.0. The van der Waals surface area contributed by atoms with E-state index in [1.165, 1.54) is 90.1 Å². The maximum absolute atomic E-state index is 7.19. The predicted molar refractivity (Wildman–Crippen MR) is 124 cm³/mol. The number of unbranched alkanes of at least 4 members (excludes halogenated alkanes) is 10. The molecule has 4 heteroatoms. The first-order valence-electron chi connectivity index (χ1n) is 11.8. The fourth-order valence-corrected chi connectivity index (χ4v) is 3.93. The van der Waals surface area contributed by atoms with Crippen molar-refractivity contribution in [3.8, 4) is 0 Å². The Bertz CT molecular complexity index is 712. The van der Waals surface area contributed by atoms with Gasteiger partial charge in [-0.3, -0.25) is 4.90 Å². The van der Waals surface area contributed by atoms with E-state index in [4.69, 9.17) is 6.57 Å². The van der Waals surface area contributed by atoms with Gasteiger partial charge in [0, 0.05) is 0 Å². The van der Waals surface area contributed by atoms with Crippen LogP contribution in [0.25, 0.3) is 15.9 Å². The summed E-state index contributed by atoms with van der Waals surface area (Å²) in [5, 5.41) is 0. The van der Waals surface area contributed by atoms with Crippen LogP contribution in [0.4, 0.5) is 5.69 Å². The first kappa shape index (κ1) is 23.4. The van der Waals surface area contributed by atoms with Crippen molar-refractivity contribution in [3.05, 3.63) is 35.9 Å². The van der Waals surface area contributed by atoms with E-state index in [9.17, 15) is 0 Å². The van der Waals surface area contributed by atoms with E-state index in [1.807, 2.05) is 24.5 Å². The zero-order valence-corrected chi connectivity index (χ0v) is 18.7. The van der Waals surface area contributed by atoms with Crippen LogP contribution >= 0.6 is 0 Å². The predicted octanol–water partition coefficient (Wildman–Crippen LogP) is 7.57. The molecule has 1 heterocycles. The molecule has 0 fully saturated rings. The SMILES string of the molecule is [C-]#[N+]c1ccc2c(c1)ncn2CN(CCCCCCCC)CCCCCCCC. The molecular weight excluding hydrogens is 356 g/mol. The second-order valence-electron chi connectivity index (χ2n) is 8.29. The van der Waals surface area contributed by atoms with Crippen LogP contribution in [0.3, 0.4) is 0 Å². The summed E-state index contributed by atoms with van der Waals surface area (Å²) < 4.78 is 2.25. The summed E-state index contributed by atoms with van der Waals surface area (Å²) in [7, 11) is 0. The van der Waals surface area contributed by atoms with Crippen LogP contribution in [-0.4, -0.2) is 27.5 Å². The highest BCUT2D eigenvalue weighted by Gasteiger charge is 2.09. The lowest BCUT2D eigenvalue weighted by atomic mass is 10.1. The molecule has 0 bridgehead atoms. The minimum atomic E-state index is 0.666. The molecule has 0 amide bonds. The van der Waals surface area contributed by atoms with Gasteiger partial charge >= 0.3 is 0 Å². The molecule has 0 saturated heterocycles. The zero-order chi connectivity index (χ0) is 20.7. The van der Waals surface area contributed by atoms with Crippen molar-refractivity contribution in [2.45, 2.75) is 97.6 Å². The van der Waals surface area contributed by atoms with Crippen LogP contribution < -0.4 is 0 Å². The first-order valence-corrected chi connectivity index (χ1v) is 11.8. The van der Waals surface area contributed by atoms with Gasteiger partial charge in [0.25, 0.3) is 0 Å². The lowest BCUT2D eigenvalue weighted by Crippen LogP contribution is -2.28. The quantitative estimate of drug-likeness (QED) is 0.216. The van der Waals surface area contributed by atoms with E-state index in [0.717, 1.165) is 17.7 Å². The van der Waals surface area contributed by atoms with E-state index >= 15 is 0 Å². The number of nitrogens with zero attached hydrogens (tertiary/aromatic N) is 4. The second-order valence-corrected chi connectivity index (χ2v) is 8.29. The maximum Gasteiger partial charge on any atom is 0.189 e. The Hall–Kier alpha value is -1.86. The highest BCUT2D eigenvalue weighted by molar-refractivity contribution is 5.79. The molecule has 0 N–H and O–H groups in total. The van der Waals surface area contributed by atoms with Gasteiger partial charge in [0.15, 0.2) is 5.69 Å². The Labute approximate surface area is 178 Å². The normalized spacial score (nSPS) is 11.4. The molecule has 1 aromatic heterocycles. The lowest BCUT2D eigenvalue weighted by molar-refractivity contribution is 0.211.